The molecule has 0 atom stereocenters. The predicted octanol–water partition coefficient (Wildman–Crippen LogP) is 4.61. The van der Waals surface area contributed by atoms with E-state index in [2.05, 4.69) is 34.6 Å². The summed E-state index contributed by atoms with van der Waals surface area (Å²) in [5, 5.41) is 0.657. The first-order valence-electron chi connectivity index (χ1n) is 6.02. The zero-order valence-corrected chi connectivity index (χ0v) is 11.5. The van der Waals surface area contributed by atoms with Crippen molar-refractivity contribution < 1.29 is 0 Å². The molecule has 0 rings (SSSR count). The molecular weight excluding hydrogens is 172 g/mol. The second-order valence-corrected chi connectivity index (χ2v) is 9.63. The molecule has 0 heterocycles. The Balaban J connectivity index is 3.88. The van der Waals surface area contributed by atoms with E-state index < -0.39 is 8.80 Å². The normalized spacial score (nSPS) is 12.5. The van der Waals surface area contributed by atoms with Gasteiger partial charge in [-0.05, 0) is 5.04 Å². The summed E-state index contributed by atoms with van der Waals surface area (Å²) in [7, 11) is -0.457. The monoisotopic (exact) mass is 200 g/mol. The van der Waals surface area contributed by atoms with Gasteiger partial charge in [-0.3, -0.25) is 0 Å². The van der Waals surface area contributed by atoms with Gasteiger partial charge < -0.3 is 0 Å². The van der Waals surface area contributed by atoms with Crippen molar-refractivity contribution >= 4 is 8.80 Å². The van der Waals surface area contributed by atoms with Gasteiger partial charge in [-0.15, -0.1) is 0 Å². The van der Waals surface area contributed by atoms with Crippen LogP contribution in [0.15, 0.2) is 0 Å². The minimum absolute atomic E-state index is 0.457. The van der Waals surface area contributed by atoms with E-state index in [0.29, 0.717) is 5.04 Å². The lowest BCUT2D eigenvalue weighted by molar-refractivity contribution is 0.701. The third-order valence-corrected chi connectivity index (χ3v) is 7.70. The summed E-state index contributed by atoms with van der Waals surface area (Å²) in [6, 6.07) is 3.14. The number of hydrogen-bond acceptors (Lipinski definition) is 0. The molecule has 13 heavy (non-hydrogen) atoms. The molecule has 0 aromatic rings. The molecule has 0 aromatic carbocycles. The molecule has 0 aliphatic carbocycles. The van der Waals surface area contributed by atoms with Crippen molar-refractivity contribution in [2.75, 3.05) is 0 Å². The van der Waals surface area contributed by atoms with Crippen molar-refractivity contribution in [2.24, 2.45) is 0 Å². The summed E-state index contributed by atoms with van der Waals surface area (Å²) < 4.78 is 0. The molecule has 0 spiro atoms. The number of unbranched alkanes of at least 4 members (excludes halogenated alkanes) is 2. The van der Waals surface area contributed by atoms with Gasteiger partial charge in [-0.1, -0.05) is 72.4 Å². The Labute approximate surface area is 86.7 Å². The molecule has 0 fully saturated rings. The third kappa shape index (κ3) is 6.31. The molecule has 0 saturated heterocycles. The highest BCUT2D eigenvalue weighted by Crippen LogP contribution is 2.33. The summed E-state index contributed by atoms with van der Waals surface area (Å²) in [6.07, 6.45) is 5.70. The molecule has 80 valence electrons. The van der Waals surface area contributed by atoms with Gasteiger partial charge in [-0.25, -0.2) is 0 Å². The zero-order valence-electron chi connectivity index (χ0n) is 10.3. The standard InChI is InChI=1S/C12H28Si/c1-6-8-10-13(11-9-7-2)12(3,4)5/h13H,6-11H2,1-5H3. The summed E-state index contributed by atoms with van der Waals surface area (Å²) in [5.41, 5.74) is 0. The van der Waals surface area contributed by atoms with Gasteiger partial charge in [0.2, 0.25) is 0 Å². The molecule has 0 unspecified atom stereocenters. The van der Waals surface area contributed by atoms with Gasteiger partial charge in [-0.2, -0.15) is 0 Å². The van der Waals surface area contributed by atoms with Crippen LogP contribution in [0.25, 0.3) is 0 Å². The van der Waals surface area contributed by atoms with Crippen molar-refractivity contribution in [2.45, 2.75) is 77.4 Å². The number of rotatable bonds is 6. The van der Waals surface area contributed by atoms with E-state index in [1.807, 2.05) is 0 Å². The second-order valence-electron chi connectivity index (χ2n) is 5.35. The van der Waals surface area contributed by atoms with Crippen LogP contribution in [0, 0.1) is 0 Å². The lowest BCUT2D eigenvalue weighted by Crippen LogP contribution is -2.24. The first kappa shape index (κ1) is 13.2. The summed E-state index contributed by atoms with van der Waals surface area (Å²) in [6.45, 7) is 12.0. The third-order valence-electron chi connectivity index (χ3n) is 3.04. The van der Waals surface area contributed by atoms with E-state index in [4.69, 9.17) is 0 Å². The first-order chi connectivity index (χ1) is 6.02. The van der Waals surface area contributed by atoms with E-state index in [0.717, 1.165) is 0 Å². The predicted molar refractivity (Wildman–Crippen MR) is 66.3 cm³/mol. The lowest BCUT2D eigenvalue weighted by Gasteiger charge is -2.29. The first-order valence-corrected chi connectivity index (χ1v) is 8.23. The van der Waals surface area contributed by atoms with Gasteiger partial charge in [0.1, 0.15) is 0 Å². The summed E-state index contributed by atoms with van der Waals surface area (Å²) >= 11 is 0. The SMILES string of the molecule is CCCC[SiH](CCCC)C(C)(C)C. The Morgan fingerprint density at radius 1 is 0.846 bits per heavy atom. The van der Waals surface area contributed by atoms with E-state index in [-0.39, 0.29) is 0 Å². The van der Waals surface area contributed by atoms with Gasteiger partial charge in [0, 0.05) is 8.80 Å². The van der Waals surface area contributed by atoms with E-state index in [9.17, 15) is 0 Å². The largest absolute Gasteiger partial charge is 0.0654 e. The van der Waals surface area contributed by atoms with Crippen LogP contribution in [0.2, 0.25) is 17.1 Å². The van der Waals surface area contributed by atoms with E-state index >= 15 is 0 Å². The van der Waals surface area contributed by atoms with Crippen LogP contribution in [0.5, 0.6) is 0 Å². The van der Waals surface area contributed by atoms with Crippen LogP contribution in [-0.2, 0) is 0 Å². The maximum absolute atomic E-state index is 2.45. The molecule has 0 amide bonds. The Bertz CT molecular complexity index is 105. The van der Waals surface area contributed by atoms with Crippen LogP contribution < -0.4 is 0 Å². The molecule has 0 aromatic heterocycles. The minimum Gasteiger partial charge on any atom is -0.0654 e. The van der Waals surface area contributed by atoms with E-state index in [1.165, 1.54) is 25.7 Å². The molecule has 0 N–H and O–H groups in total. The van der Waals surface area contributed by atoms with Crippen LogP contribution in [0.3, 0.4) is 0 Å². The highest BCUT2D eigenvalue weighted by molar-refractivity contribution is 6.62. The zero-order chi connectivity index (χ0) is 10.3. The average molecular weight is 200 g/mol. The highest BCUT2D eigenvalue weighted by atomic mass is 28.3. The van der Waals surface area contributed by atoms with Crippen molar-refractivity contribution in [3.8, 4) is 0 Å². The van der Waals surface area contributed by atoms with Crippen LogP contribution in [0.1, 0.15) is 60.3 Å². The minimum atomic E-state index is -0.457. The smallest absolute Gasteiger partial charge is 0.0422 e. The Morgan fingerprint density at radius 2 is 1.23 bits per heavy atom. The van der Waals surface area contributed by atoms with Crippen molar-refractivity contribution in [3.05, 3.63) is 0 Å². The quantitative estimate of drug-likeness (QED) is 0.549. The van der Waals surface area contributed by atoms with Crippen molar-refractivity contribution in [1.29, 1.82) is 0 Å². The fraction of sp³-hybridized carbons (Fsp3) is 1.00. The molecule has 0 bridgehead atoms. The maximum Gasteiger partial charge on any atom is 0.0422 e. The molecule has 0 aliphatic heterocycles. The molecule has 0 saturated carbocycles. The van der Waals surface area contributed by atoms with Crippen LogP contribution in [-0.4, -0.2) is 8.80 Å². The molecule has 0 nitrogen and oxygen atoms in total. The maximum atomic E-state index is 2.45. The van der Waals surface area contributed by atoms with Gasteiger partial charge >= 0.3 is 0 Å². The highest BCUT2D eigenvalue weighted by Gasteiger charge is 2.24. The second kappa shape index (κ2) is 6.64. The Morgan fingerprint density at radius 3 is 1.46 bits per heavy atom. The molecular formula is C12H28Si. The molecule has 0 aliphatic rings. The summed E-state index contributed by atoms with van der Waals surface area (Å²) in [4.78, 5) is 0. The Hall–Kier alpha value is 0.217. The van der Waals surface area contributed by atoms with Crippen LogP contribution >= 0.6 is 0 Å². The van der Waals surface area contributed by atoms with Gasteiger partial charge in [0.05, 0.1) is 0 Å². The van der Waals surface area contributed by atoms with E-state index in [1.54, 1.807) is 12.1 Å². The lowest BCUT2D eigenvalue weighted by atomic mass is 10.2. The van der Waals surface area contributed by atoms with Crippen molar-refractivity contribution in [3.63, 3.8) is 0 Å². The number of hydrogen-bond donors (Lipinski definition) is 0. The fourth-order valence-electron chi connectivity index (χ4n) is 1.91. The average Bonchev–Trinajstić information content (AvgIpc) is 2.02. The molecule has 0 radical (unpaired) electrons. The van der Waals surface area contributed by atoms with Gasteiger partial charge in [0.15, 0.2) is 0 Å². The Kier molecular flexibility index (Phi) is 6.75. The topological polar surface area (TPSA) is 0 Å². The molecule has 1 heteroatoms. The fourth-order valence-corrected chi connectivity index (χ4v) is 5.73. The van der Waals surface area contributed by atoms with Crippen LogP contribution in [0.4, 0.5) is 0 Å². The van der Waals surface area contributed by atoms with Crippen molar-refractivity contribution in [1.82, 2.24) is 0 Å². The van der Waals surface area contributed by atoms with Gasteiger partial charge in [0.25, 0.3) is 0 Å². The summed E-state index contributed by atoms with van der Waals surface area (Å²) in [5.74, 6) is 0.